The van der Waals surface area contributed by atoms with E-state index < -0.39 is 0 Å². The Hall–Kier alpha value is -1.35. The molecule has 116 valence electrons. The Morgan fingerprint density at radius 3 is 2.29 bits per heavy atom. The van der Waals surface area contributed by atoms with Gasteiger partial charge in [-0.25, -0.2) is 0 Å². The van der Waals surface area contributed by atoms with Crippen LogP contribution in [0.1, 0.15) is 45.6 Å². The summed E-state index contributed by atoms with van der Waals surface area (Å²) in [6.07, 6.45) is 1.27. The molecule has 1 aromatic rings. The van der Waals surface area contributed by atoms with Crippen LogP contribution >= 0.6 is 0 Å². The molecule has 1 fully saturated rings. The molecule has 1 heterocycles. The average molecular weight is 288 g/mol. The highest BCUT2D eigenvalue weighted by atomic mass is 16.2. The number of rotatable bonds is 4. The predicted octanol–water partition coefficient (Wildman–Crippen LogP) is 3.73. The van der Waals surface area contributed by atoms with Gasteiger partial charge in [-0.15, -0.1) is 0 Å². The molecular weight excluding hydrogens is 260 g/mol. The lowest BCUT2D eigenvalue weighted by Crippen LogP contribution is -2.42. The van der Waals surface area contributed by atoms with Crippen molar-refractivity contribution in [3.63, 3.8) is 0 Å². The van der Waals surface area contributed by atoms with Crippen molar-refractivity contribution >= 4 is 11.6 Å². The third kappa shape index (κ3) is 4.85. The summed E-state index contributed by atoms with van der Waals surface area (Å²) in [5.41, 5.74) is 2.19. The molecule has 2 rings (SSSR count). The molecule has 0 aliphatic carbocycles. The zero-order chi connectivity index (χ0) is 15.4. The fourth-order valence-electron chi connectivity index (χ4n) is 3.28. The maximum absolute atomic E-state index is 12.2. The number of likely N-dealkylation sites (tertiary alicyclic amines) is 1. The van der Waals surface area contributed by atoms with Gasteiger partial charge in [0.15, 0.2) is 0 Å². The van der Waals surface area contributed by atoms with E-state index in [4.69, 9.17) is 0 Å². The monoisotopic (exact) mass is 288 g/mol. The smallest absolute Gasteiger partial charge is 0.238 e. The molecule has 0 saturated carbocycles. The lowest BCUT2D eigenvalue weighted by Gasteiger charge is -2.34. The number of benzene rings is 1. The Morgan fingerprint density at radius 2 is 1.76 bits per heavy atom. The number of hydrogen-bond acceptors (Lipinski definition) is 2. The van der Waals surface area contributed by atoms with Gasteiger partial charge in [-0.1, -0.05) is 39.8 Å². The molecule has 0 spiro atoms. The highest BCUT2D eigenvalue weighted by Crippen LogP contribution is 2.21. The first kappa shape index (κ1) is 16.0. The molecule has 1 amide bonds. The van der Waals surface area contributed by atoms with Crippen LogP contribution in [-0.2, 0) is 4.79 Å². The van der Waals surface area contributed by atoms with Gasteiger partial charge in [-0.3, -0.25) is 9.69 Å². The molecule has 3 heteroatoms. The fourth-order valence-corrected chi connectivity index (χ4v) is 3.28. The van der Waals surface area contributed by atoms with E-state index in [-0.39, 0.29) is 5.91 Å². The Balaban J connectivity index is 1.86. The minimum atomic E-state index is 0.0913. The van der Waals surface area contributed by atoms with Crippen LogP contribution in [0.5, 0.6) is 0 Å². The van der Waals surface area contributed by atoms with Gasteiger partial charge in [0.05, 0.1) is 6.54 Å². The van der Waals surface area contributed by atoms with Crippen molar-refractivity contribution in [3.05, 3.63) is 29.8 Å². The van der Waals surface area contributed by atoms with E-state index in [1.807, 2.05) is 12.1 Å². The molecule has 2 atom stereocenters. The van der Waals surface area contributed by atoms with Crippen LogP contribution in [0, 0.1) is 11.8 Å². The van der Waals surface area contributed by atoms with Crippen molar-refractivity contribution in [2.45, 2.75) is 40.0 Å². The third-order valence-corrected chi connectivity index (χ3v) is 4.17. The molecule has 0 bridgehead atoms. The summed E-state index contributed by atoms with van der Waals surface area (Å²) < 4.78 is 0. The van der Waals surface area contributed by atoms with Gasteiger partial charge in [0.2, 0.25) is 5.91 Å². The highest BCUT2D eigenvalue weighted by Gasteiger charge is 2.23. The summed E-state index contributed by atoms with van der Waals surface area (Å²) in [7, 11) is 0. The second kappa shape index (κ2) is 7.08. The lowest BCUT2D eigenvalue weighted by molar-refractivity contribution is -0.117. The van der Waals surface area contributed by atoms with E-state index in [2.05, 4.69) is 50.0 Å². The quantitative estimate of drug-likeness (QED) is 0.915. The second-order valence-electron chi connectivity index (χ2n) is 6.97. The van der Waals surface area contributed by atoms with Gasteiger partial charge < -0.3 is 5.32 Å². The minimum absolute atomic E-state index is 0.0913. The van der Waals surface area contributed by atoms with Crippen molar-refractivity contribution in [1.82, 2.24) is 4.90 Å². The standard InChI is InChI=1S/C18H28N2O/c1-13(2)16-5-7-17(8-6-16)19-18(21)12-20-10-14(3)9-15(4)11-20/h5-8,13-15H,9-12H2,1-4H3,(H,19,21)/t14-,15-/m0/s1. The Bertz CT molecular complexity index is 457. The van der Waals surface area contributed by atoms with Gasteiger partial charge >= 0.3 is 0 Å². The van der Waals surface area contributed by atoms with E-state index in [0.717, 1.165) is 18.8 Å². The topological polar surface area (TPSA) is 32.3 Å². The molecule has 0 radical (unpaired) electrons. The van der Waals surface area contributed by atoms with Crippen LogP contribution in [0.25, 0.3) is 0 Å². The molecule has 1 aliphatic heterocycles. The van der Waals surface area contributed by atoms with Crippen molar-refractivity contribution in [3.8, 4) is 0 Å². The van der Waals surface area contributed by atoms with Crippen molar-refractivity contribution < 1.29 is 4.79 Å². The van der Waals surface area contributed by atoms with Crippen LogP contribution in [0.2, 0.25) is 0 Å². The zero-order valence-electron chi connectivity index (χ0n) is 13.7. The number of carbonyl (C=O) groups excluding carboxylic acids is 1. The van der Waals surface area contributed by atoms with Gasteiger partial charge in [-0.2, -0.15) is 0 Å². The van der Waals surface area contributed by atoms with E-state index in [9.17, 15) is 4.79 Å². The first-order chi connectivity index (χ1) is 9.94. The molecule has 3 nitrogen and oxygen atoms in total. The van der Waals surface area contributed by atoms with Crippen LogP contribution in [0.4, 0.5) is 5.69 Å². The summed E-state index contributed by atoms with van der Waals surface area (Å²) in [6.45, 7) is 11.4. The van der Waals surface area contributed by atoms with E-state index >= 15 is 0 Å². The number of piperidine rings is 1. The van der Waals surface area contributed by atoms with Crippen LogP contribution in [-0.4, -0.2) is 30.4 Å². The molecule has 1 saturated heterocycles. The van der Waals surface area contributed by atoms with E-state index in [0.29, 0.717) is 24.3 Å². The van der Waals surface area contributed by atoms with Crippen LogP contribution in [0.15, 0.2) is 24.3 Å². The molecular formula is C18H28N2O. The van der Waals surface area contributed by atoms with Crippen LogP contribution < -0.4 is 5.32 Å². The SMILES string of the molecule is CC(C)c1ccc(NC(=O)CN2C[C@@H](C)C[C@H](C)C2)cc1. The van der Waals surface area contributed by atoms with Gasteiger partial charge in [0.1, 0.15) is 0 Å². The number of amides is 1. The molecule has 0 aromatic heterocycles. The molecule has 0 unspecified atom stereocenters. The van der Waals surface area contributed by atoms with Gasteiger partial charge in [-0.05, 0) is 41.9 Å². The maximum atomic E-state index is 12.2. The van der Waals surface area contributed by atoms with Crippen LogP contribution in [0.3, 0.4) is 0 Å². The predicted molar refractivity (Wildman–Crippen MR) is 88.5 cm³/mol. The first-order valence-corrected chi connectivity index (χ1v) is 8.06. The number of anilines is 1. The lowest BCUT2D eigenvalue weighted by atomic mass is 9.92. The normalized spacial score (nSPS) is 23.3. The molecule has 1 aliphatic rings. The summed E-state index contributed by atoms with van der Waals surface area (Å²) in [5, 5.41) is 3.00. The fraction of sp³-hybridized carbons (Fsp3) is 0.611. The van der Waals surface area contributed by atoms with Crippen molar-refractivity contribution in [2.24, 2.45) is 11.8 Å². The number of hydrogen-bond donors (Lipinski definition) is 1. The van der Waals surface area contributed by atoms with E-state index in [1.54, 1.807) is 0 Å². The van der Waals surface area contributed by atoms with Crippen molar-refractivity contribution in [1.29, 1.82) is 0 Å². The molecule has 21 heavy (non-hydrogen) atoms. The Morgan fingerprint density at radius 1 is 1.19 bits per heavy atom. The van der Waals surface area contributed by atoms with Gasteiger partial charge in [0.25, 0.3) is 0 Å². The first-order valence-electron chi connectivity index (χ1n) is 8.06. The highest BCUT2D eigenvalue weighted by molar-refractivity contribution is 5.92. The zero-order valence-corrected chi connectivity index (χ0v) is 13.7. The summed E-state index contributed by atoms with van der Waals surface area (Å²) >= 11 is 0. The third-order valence-electron chi connectivity index (χ3n) is 4.17. The minimum Gasteiger partial charge on any atom is -0.325 e. The number of nitrogens with one attached hydrogen (secondary N) is 1. The summed E-state index contributed by atoms with van der Waals surface area (Å²) in [6, 6.07) is 8.17. The molecule has 1 N–H and O–H groups in total. The maximum Gasteiger partial charge on any atom is 0.238 e. The summed E-state index contributed by atoms with van der Waals surface area (Å²) in [4.78, 5) is 14.4. The van der Waals surface area contributed by atoms with Crippen molar-refractivity contribution in [2.75, 3.05) is 25.0 Å². The second-order valence-corrected chi connectivity index (χ2v) is 6.97. The number of carbonyl (C=O) groups is 1. The largest absolute Gasteiger partial charge is 0.325 e. The Kier molecular flexibility index (Phi) is 5.40. The Labute approximate surface area is 128 Å². The molecule has 1 aromatic carbocycles. The van der Waals surface area contributed by atoms with E-state index in [1.165, 1.54) is 12.0 Å². The average Bonchev–Trinajstić information content (AvgIpc) is 2.37. The number of nitrogens with zero attached hydrogens (tertiary/aromatic N) is 1. The van der Waals surface area contributed by atoms with Gasteiger partial charge in [0, 0.05) is 18.8 Å². The summed E-state index contributed by atoms with van der Waals surface area (Å²) in [5.74, 6) is 1.98.